The van der Waals surface area contributed by atoms with Gasteiger partial charge in [0.1, 0.15) is 0 Å². The molecule has 0 saturated heterocycles. The largest absolute Gasteiger partial charge is 0.388 e. The van der Waals surface area contributed by atoms with Crippen molar-refractivity contribution in [3.63, 3.8) is 0 Å². The van der Waals surface area contributed by atoms with Crippen molar-refractivity contribution in [2.45, 2.75) is 46.1 Å². The van der Waals surface area contributed by atoms with Gasteiger partial charge in [0.2, 0.25) is 11.8 Å². The lowest BCUT2D eigenvalue weighted by Crippen LogP contribution is -2.47. The Bertz CT molecular complexity index is 522. The molecule has 1 unspecified atom stereocenters. The Morgan fingerprint density at radius 3 is 2.30 bits per heavy atom. The number of benzene rings is 1. The van der Waals surface area contributed by atoms with Crippen LogP contribution in [0.5, 0.6) is 0 Å². The quantitative estimate of drug-likeness (QED) is 0.680. The molecule has 5 nitrogen and oxygen atoms in total. The van der Waals surface area contributed by atoms with Crippen LogP contribution in [-0.4, -0.2) is 35.6 Å². The number of aliphatic hydroxyl groups is 1. The predicted octanol–water partition coefficient (Wildman–Crippen LogP) is 1.57. The second-order valence-electron chi connectivity index (χ2n) is 6.55. The molecular formula is C18H28N2O3. The van der Waals surface area contributed by atoms with Crippen LogP contribution in [0.1, 0.15) is 38.3 Å². The summed E-state index contributed by atoms with van der Waals surface area (Å²) in [6.07, 6.45) is 0.996. The van der Waals surface area contributed by atoms with Gasteiger partial charge in [-0.3, -0.25) is 9.59 Å². The zero-order valence-corrected chi connectivity index (χ0v) is 14.5. The minimum absolute atomic E-state index is 0.0342. The molecular weight excluding hydrogens is 292 g/mol. The molecule has 1 aromatic carbocycles. The lowest BCUT2D eigenvalue weighted by atomic mass is 9.92. The summed E-state index contributed by atoms with van der Waals surface area (Å²) in [4.78, 5) is 23.4. The lowest BCUT2D eigenvalue weighted by molar-refractivity contribution is -0.126. The Hall–Kier alpha value is -1.88. The molecule has 23 heavy (non-hydrogen) atoms. The lowest BCUT2D eigenvalue weighted by Gasteiger charge is -2.27. The molecule has 0 saturated carbocycles. The van der Waals surface area contributed by atoms with Gasteiger partial charge in [0.25, 0.3) is 0 Å². The Labute approximate surface area is 138 Å². The van der Waals surface area contributed by atoms with Crippen molar-refractivity contribution in [1.29, 1.82) is 0 Å². The normalized spacial score (nSPS) is 13.5. The van der Waals surface area contributed by atoms with Crippen molar-refractivity contribution in [2.75, 3.05) is 13.1 Å². The monoisotopic (exact) mass is 320 g/mol. The molecule has 0 fully saturated rings. The molecule has 0 spiro atoms. The van der Waals surface area contributed by atoms with Gasteiger partial charge in [0.15, 0.2) is 0 Å². The van der Waals surface area contributed by atoms with Gasteiger partial charge in [-0.1, -0.05) is 43.7 Å². The average molecular weight is 320 g/mol. The summed E-state index contributed by atoms with van der Waals surface area (Å²) in [5.74, 6) is -0.419. The number of amides is 2. The average Bonchev–Trinajstić information content (AvgIpc) is 2.50. The minimum Gasteiger partial charge on any atom is -0.388 e. The zero-order valence-electron chi connectivity index (χ0n) is 14.5. The van der Waals surface area contributed by atoms with E-state index in [1.165, 1.54) is 5.56 Å². The first-order valence-corrected chi connectivity index (χ1v) is 8.02. The zero-order chi connectivity index (χ0) is 17.5. The highest BCUT2D eigenvalue weighted by Crippen LogP contribution is 2.14. The van der Waals surface area contributed by atoms with E-state index in [-0.39, 0.29) is 30.8 Å². The van der Waals surface area contributed by atoms with Crippen LogP contribution in [0.25, 0.3) is 0 Å². The smallest absolute Gasteiger partial charge is 0.239 e. The van der Waals surface area contributed by atoms with Crippen molar-refractivity contribution < 1.29 is 14.7 Å². The second kappa shape index (κ2) is 8.67. The topological polar surface area (TPSA) is 78.4 Å². The summed E-state index contributed by atoms with van der Waals surface area (Å²) in [6.45, 7) is 7.57. The fourth-order valence-corrected chi connectivity index (χ4v) is 1.82. The Morgan fingerprint density at radius 1 is 1.13 bits per heavy atom. The summed E-state index contributed by atoms with van der Waals surface area (Å²) in [6, 6.07) is 8.04. The molecule has 0 aliphatic carbocycles. The predicted molar refractivity (Wildman–Crippen MR) is 91.0 cm³/mol. The SMILES string of the molecule is Cc1ccc(CCC(=O)NCC(=O)NCC(C)(O)C(C)C)cc1. The molecule has 5 heteroatoms. The maximum Gasteiger partial charge on any atom is 0.239 e. The third-order valence-electron chi connectivity index (χ3n) is 4.09. The number of rotatable bonds is 8. The number of aryl methyl sites for hydroxylation is 2. The van der Waals surface area contributed by atoms with E-state index in [1.54, 1.807) is 6.92 Å². The molecule has 1 aromatic rings. The van der Waals surface area contributed by atoms with Crippen LogP contribution in [0.2, 0.25) is 0 Å². The van der Waals surface area contributed by atoms with Gasteiger partial charge in [-0.15, -0.1) is 0 Å². The van der Waals surface area contributed by atoms with Crippen LogP contribution >= 0.6 is 0 Å². The number of carbonyl (C=O) groups excluding carboxylic acids is 2. The van der Waals surface area contributed by atoms with Crippen LogP contribution < -0.4 is 10.6 Å². The van der Waals surface area contributed by atoms with E-state index >= 15 is 0 Å². The molecule has 0 heterocycles. The molecule has 1 atom stereocenters. The van der Waals surface area contributed by atoms with Crippen LogP contribution in [0.4, 0.5) is 0 Å². The third kappa shape index (κ3) is 7.28. The van der Waals surface area contributed by atoms with E-state index in [2.05, 4.69) is 10.6 Å². The van der Waals surface area contributed by atoms with E-state index in [1.807, 2.05) is 45.0 Å². The maximum absolute atomic E-state index is 11.8. The number of nitrogens with one attached hydrogen (secondary N) is 2. The van der Waals surface area contributed by atoms with E-state index in [9.17, 15) is 14.7 Å². The highest BCUT2D eigenvalue weighted by Gasteiger charge is 2.25. The third-order valence-corrected chi connectivity index (χ3v) is 4.09. The van der Waals surface area contributed by atoms with Crippen molar-refractivity contribution in [3.05, 3.63) is 35.4 Å². The molecule has 0 bridgehead atoms. The molecule has 2 amide bonds. The summed E-state index contributed by atoms with van der Waals surface area (Å²) in [5, 5.41) is 15.3. The molecule has 0 aliphatic heterocycles. The van der Waals surface area contributed by atoms with E-state index in [0.29, 0.717) is 12.8 Å². The molecule has 0 aromatic heterocycles. The van der Waals surface area contributed by atoms with Crippen molar-refractivity contribution in [3.8, 4) is 0 Å². The fourth-order valence-electron chi connectivity index (χ4n) is 1.82. The summed E-state index contributed by atoms with van der Waals surface area (Å²) in [7, 11) is 0. The number of hydrogen-bond donors (Lipinski definition) is 3. The Kier molecular flexibility index (Phi) is 7.23. The summed E-state index contributed by atoms with van der Waals surface area (Å²) in [5.41, 5.74) is 1.33. The van der Waals surface area contributed by atoms with Gasteiger partial charge in [0.05, 0.1) is 12.1 Å². The van der Waals surface area contributed by atoms with Gasteiger partial charge < -0.3 is 15.7 Å². The second-order valence-corrected chi connectivity index (χ2v) is 6.55. The van der Waals surface area contributed by atoms with E-state index in [4.69, 9.17) is 0 Å². The minimum atomic E-state index is -0.953. The van der Waals surface area contributed by atoms with E-state index < -0.39 is 5.60 Å². The molecule has 3 N–H and O–H groups in total. The summed E-state index contributed by atoms with van der Waals surface area (Å²) < 4.78 is 0. The Morgan fingerprint density at radius 2 is 1.74 bits per heavy atom. The highest BCUT2D eigenvalue weighted by atomic mass is 16.3. The van der Waals surface area contributed by atoms with E-state index in [0.717, 1.165) is 5.56 Å². The highest BCUT2D eigenvalue weighted by molar-refractivity contribution is 5.84. The molecule has 1 rings (SSSR count). The van der Waals surface area contributed by atoms with Crippen LogP contribution in [-0.2, 0) is 16.0 Å². The standard InChI is InChI=1S/C18H28N2O3/c1-13(2)18(4,23)12-20-17(22)11-19-16(21)10-9-15-7-5-14(3)6-8-15/h5-8,13,23H,9-12H2,1-4H3,(H,19,21)(H,20,22). The van der Waals surface area contributed by atoms with Gasteiger partial charge in [-0.05, 0) is 31.7 Å². The molecule has 0 radical (unpaired) electrons. The van der Waals surface area contributed by atoms with Crippen molar-refractivity contribution in [2.24, 2.45) is 5.92 Å². The first-order valence-electron chi connectivity index (χ1n) is 8.02. The van der Waals surface area contributed by atoms with Crippen LogP contribution in [0.3, 0.4) is 0 Å². The number of hydrogen-bond acceptors (Lipinski definition) is 3. The van der Waals surface area contributed by atoms with Gasteiger partial charge >= 0.3 is 0 Å². The first-order chi connectivity index (χ1) is 10.7. The Balaban J connectivity index is 2.25. The number of carbonyl (C=O) groups is 2. The van der Waals surface area contributed by atoms with Crippen molar-refractivity contribution >= 4 is 11.8 Å². The van der Waals surface area contributed by atoms with Gasteiger partial charge in [-0.25, -0.2) is 0 Å². The first kappa shape index (κ1) is 19.2. The fraction of sp³-hybridized carbons (Fsp3) is 0.556. The van der Waals surface area contributed by atoms with Gasteiger partial charge in [-0.2, -0.15) is 0 Å². The van der Waals surface area contributed by atoms with Crippen LogP contribution in [0, 0.1) is 12.8 Å². The molecule has 0 aliphatic rings. The molecule has 128 valence electrons. The summed E-state index contributed by atoms with van der Waals surface area (Å²) >= 11 is 0. The maximum atomic E-state index is 11.8. The van der Waals surface area contributed by atoms with Crippen molar-refractivity contribution in [1.82, 2.24) is 10.6 Å². The van der Waals surface area contributed by atoms with Gasteiger partial charge in [0, 0.05) is 13.0 Å². The van der Waals surface area contributed by atoms with Crippen LogP contribution in [0.15, 0.2) is 24.3 Å².